The molecule has 0 aliphatic heterocycles. The third kappa shape index (κ3) is 4.71. The lowest BCUT2D eigenvalue weighted by Gasteiger charge is -2.15. The summed E-state index contributed by atoms with van der Waals surface area (Å²) in [5.41, 5.74) is 0.261. The van der Waals surface area contributed by atoms with Gasteiger partial charge in [0.15, 0.2) is 5.06 Å². The number of thiophene rings is 1. The minimum Gasteiger partial charge on any atom is -0.434 e. The molecule has 1 aromatic heterocycles. The van der Waals surface area contributed by atoms with E-state index in [1.807, 2.05) is 17.5 Å². The highest BCUT2D eigenvalue weighted by Crippen LogP contribution is 2.38. The van der Waals surface area contributed by atoms with Crippen molar-refractivity contribution >= 4 is 19.4 Å². The van der Waals surface area contributed by atoms with Gasteiger partial charge in [0, 0.05) is 5.66 Å². The van der Waals surface area contributed by atoms with Crippen molar-refractivity contribution in [3.05, 3.63) is 17.5 Å². The molecular weight excluding hydrogens is 239 g/mol. The molecular formula is C12H21O2PS. The largest absolute Gasteiger partial charge is 0.434 e. The van der Waals surface area contributed by atoms with Gasteiger partial charge in [-0.25, -0.2) is 0 Å². The molecule has 0 aliphatic rings. The van der Waals surface area contributed by atoms with Crippen molar-refractivity contribution in [3.63, 3.8) is 0 Å². The fraction of sp³-hybridized carbons (Fsp3) is 0.667. The van der Waals surface area contributed by atoms with Crippen molar-refractivity contribution < 1.29 is 9.09 Å². The lowest BCUT2D eigenvalue weighted by Crippen LogP contribution is -2.04. The molecule has 0 amide bonds. The summed E-state index contributed by atoms with van der Waals surface area (Å²) >= 11 is 1.51. The smallest absolute Gasteiger partial charge is 0.240 e. The normalized spacial score (nSPS) is 14.6. The number of rotatable bonds is 8. The molecule has 0 spiro atoms. The maximum atomic E-state index is 12.1. The standard InChI is InChI=1S/C12H21O2PS/c1-3-5-8-11(7-4-2)15(13)14-12-9-6-10-16-12/h6,9-11,15H,3-5,7-8H2,1-2H3. The molecule has 2 unspecified atom stereocenters. The summed E-state index contributed by atoms with van der Waals surface area (Å²) in [5, 5.41) is 2.74. The fourth-order valence-electron chi connectivity index (χ4n) is 1.68. The molecule has 0 N–H and O–H groups in total. The van der Waals surface area contributed by atoms with E-state index < -0.39 is 8.03 Å². The molecule has 0 saturated carbocycles. The van der Waals surface area contributed by atoms with Crippen molar-refractivity contribution in [1.29, 1.82) is 0 Å². The zero-order valence-electron chi connectivity index (χ0n) is 10.1. The first-order valence-electron chi connectivity index (χ1n) is 6.03. The van der Waals surface area contributed by atoms with E-state index in [4.69, 9.17) is 4.52 Å². The van der Waals surface area contributed by atoms with Crippen LogP contribution in [0.1, 0.15) is 46.0 Å². The zero-order valence-corrected chi connectivity index (χ0v) is 11.9. The molecule has 0 fully saturated rings. The monoisotopic (exact) mass is 260 g/mol. The Hall–Kier alpha value is -0.270. The van der Waals surface area contributed by atoms with Crippen LogP contribution in [-0.4, -0.2) is 5.66 Å². The molecule has 4 heteroatoms. The van der Waals surface area contributed by atoms with Gasteiger partial charge in [0.2, 0.25) is 8.03 Å². The predicted octanol–water partition coefficient (Wildman–Crippen LogP) is 4.96. The van der Waals surface area contributed by atoms with Crippen LogP contribution in [0.25, 0.3) is 0 Å². The van der Waals surface area contributed by atoms with Gasteiger partial charge in [0.05, 0.1) is 0 Å². The Morgan fingerprint density at radius 1 is 1.38 bits per heavy atom. The summed E-state index contributed by atoms with van der Waals surface area (Å²) < 4.78 is 17.6. The first-order valence-corrected chi connectivity index (χ1v) is 8.30. The minimum absolute atomic E-state index is 0.261. The zero-order chi connectivity index (χ0) is 11.8. The van der Waals surface area contributed by atoms with E-state index in [9.17, 15) is 4.57 Å². The average Bonchev–Trinajstić information content (AvgIpc) is 2.76. The molecule has 0 bridgehead atoms. The maximum absolute atomic E-state index is 12.1. The second kappa shape index (κ2) is 7.92. The van der Waals surface area contributed by atoms with Crippen molar-refractivity contribution in [2.24, 2.45) is 0 Å². The van der Waals surface area contributed by atoms with Crippen LogP contribution >= 0.6 is 19.4 Å². The topological polar surface area (TPSA) is 26.3 Å². The molecule has 0 radical (unpaired) electrons. The highest BCUT2D eigenvalue weighted by molar-refractivity contribution is 7.41. The van der Waals surface area contributed by atoms with E-state index in [0.717, 1.165) is 37.2 Å². The molecule has 2 atom stereocenters. The van der Waals surface area contributed by atoms with Crippen LogP contribution in [0, 0.1) is 0 Å². The molecule has 16 heavy (non-hydrogen) atoms. The van der Waals surface area contributed by atoms with Gasteiger partial charge in [0.1, 0.15) is 0 Å². The van der Waals surface area contributed by atoms with Gasteiger partial charge < -0.3 is 4.52 Å². The second-order valence-electron chi connectivity index (χ2n) is 3.98. The molecule has 2 nitrogen and oxygen atoms in total. The summed E-state index contributed by atoms with van der Waals surface area (Å²) in [6, 6.07) is 3.81. The molecule has 1 rings (SSSR count). The molecule has 0 aromatic carbocycles. The van der Waals surface area contributed by atoms with Crippen LogP contribution in [-0.2, 0) is 4.57 Å². The predicted molar refractivity (Wildman–Crippen MR) is 72.2 cm³/mol. The van der Waals surface area contributed by atoms with E-state index in [0.29, 0.717) is 0 Å². The van der Waals surface area contributed by atoms with Crippen LogP contribution in [0.15, 0.2) is 17.5 Å². The first-order chi connectivity index (χ1) is 7.77. The van der Waals surface area contributed by atoms with E-state index in [-0.39, 0.29) is 5.66 Å². The number of unbranched alkanes of at least 4 members (excludes halogenated alkanes) is 1. The van der Waals surface area contributed by atoms with Gasteiger partial charge in [-0.05, 0) is 30.4 Å². The van der Waals surface area contributed by atoms with Crippen LogP contribution in [0.2, 0.25) is 0 Å². The summed E-state index contributed by atoms with van der Waals surface area (Å²) in [6.45, 7) is 4.31. The molecule has 0 saturated heterocycles. The third-order valence-electron chi connectivity index (χ3n) is 2.57. The van der Waals surface area contributed by atoms with E-state index in [2.05, 4.69) is 13.8 Å². The summed E-state index contributed by atoms with van der Waals surface area (Å²) in [5.74, 6) is 0. The summed E-state index contributed by atoms with van der Waals surface area (Å²) in [4.78, 5) is 0. The SMILES string of the molecule is CCCCC(CCC)[PH](=O)Oc1cccs1. The molecule has 1 heterocycles. The van der Waals surface area contributed by atoms with Crippen LogP contribution in [0.3, 0.4) is 0 Å². The number of hydrogen-bond donors (Lipinski definition) is 0. The molecule has 92 valence electrons. The van der Waals surface area contributed by atoms with E-state index >= 15 is 0 Å². The van der Waals surface area contributed by atoms with Gasteiger partial charge in [0.25, 0.3) is 0 Å². The number of hydrogen-bond acceptors (Lipinski definition) is 3. The summed E-state index contributed by atoms with van der Waals surface area (Å²) in [7, 11) is -1.93. The quantitative estimate of drug-likeness (QED) is 0.617. The lowest BCUT2D eigenvalue weighted by atomic mass is 10.1. The minimum atomic E-state index is -1.93. The third-order valence-corrected chi connectivity index (χ3v) is 5.13. The van der Waals surface area contributed by atoms with Gasteiger partial charge >= 0.3 is 0 Å². The Kier molecular flexibility index (Phi) is 6.82. The Morgan fingerprint density at radius 3 is 2.75 bits per heavy atom. The van der Waals surface area contributed by atoms with Crippen molar-refractivity contribution in [2.75, 3.05) is 0 Å². The van der Waals surface area contributed by atoms with Gasteiger partial charge in [-0.3, -0.25) is 4.57 Å². The van der Waals surface area contributed by atoms with E-state index in [1.165, 1.54) is 11.3 Å². The van der Waals surface area contributed by atoms with Crippen LogP contribution in [0.5, 0.6) is 5.06 Å². The molecule has 1 aromatic rings. The first kappa shape index (κ1) is 13.8. The summed E-state index contributed by atoms with van der Waals surface area (Å²) in [6.07, 6.45) is 5.44. The maximum Gasteiger partial charge on any atom is 0.240 e. The Balaban J connectivity index is 2.46. The van der Waals surface area contributed by atoms with E-state index in [1.54, 1.807) is 0 Å². The highest BCUT2D eigenvalue weighted by atomic mass is 32.1. The highest BCUT2D eigenvalue weighted by Gasteiger charge is 2.17. The van der Waals surface area contributed by atoms with Crippen LogP contribution in [0.4, 0.5) is 0 Å². The Labute approximate surface area is 103 Å². The van der Waals surface area contributed by atoms with Crippen molar-refractivity contribution in [2.45, 2.75) is 51.6 Å². The fourth-order valence-corrected chi connectivity index (χ4v) is 3.97. The second-order valence-corrected chi connectivity index (χ2v) is 6.55. The Morgan fingerprint density at radius 2 is 2.19 bits per heavy atom. The Bertz CT molecular complexity index is 298. The van der Waals surface area contributed by atoms with Crippen LogP contribution < -0.4 is 4.52 Å². The lowest BCUT2D eigenvalue weighted by molar-refractivity contribution is 0.480. The van der Waals surface area contributed by atoms with Gasteiger partial charge in [-0.2, -0.15) is 0 Å². The van der Waals surface area contributed by atoms with Crippen molar-refractivity contribution in [3.8, 4) is 5.06 Å². The van der Waals surface area contributed by atoms with Crippen molar-refractivity contribution in [1.82, 2.24) is 0 Å². The molecule has 0 aliphatic carbocycles. The van der Waals surface area contributed by atoms with Gasteiger partial charge in [-0.1, -0.05) is 33.1 Å². The van der Waals surface area contributed by atoms with Gasteiger partial charge in [-0.15, -0.1) is 11.3 Å². The average molecular weight is 260 g/mol.